The zero-order chi connectivity index (χ0) is 6.69. The maximum absolute atomic E-state index is 10.3. The van der Waals surface area contributed by atoms with Gasteiger partial charge in [0.25, 0.3) is 0 Å². The number of rotatable bonds is 0. The largest absolute Gasteiger partial charge is 0.518 e. The summed E-state index contributed by atoms with van der Waals surface area (Å²) in [6.07, 6.45) is 3.87. The first-order valence-electron chi connectivity index (χ1n) is 2.54. The number of hydrogen-bond acceptors (Lipinski definition) is 3. The van der Waals surface area contributed by atoms with Gasteiger partial charge in [-0.1, -0.05) is 0 Å². The molecule has 0 fully saturated rings. The maximum atomic E-state index is 10.3. The van der Waals surface area contributed by atoms with Gasteiger partial charge in [0.05, 0.1) is 0 Å². The summed E-state index contributed by atoms with van der Waals surface area (Å²) in [6.45, 7) is 1.78. The van der Waals surface area contributed by atoms with Gasteiger partial charge < -0.3 is 9.47 Å². The Balaban J connectivity index is 2.71. The Morgan fingerprint density at radius 3 is 2.89 bits per heavy atom. The molecule has 48 valence electrons. The van der Waals surface area contributed by atoms with Crippen molar-refractivity contribution in [1.29, 1.82) is 0 Å². The molecule has 0 N–H and O–H groups in total. The Morgan fingerprint density at radius 2 is 2.44 bits per heavy atom. The molecule has 3 heteroatoms. The monoisotopic (exact) mass is 126 g/mol. The number of hydrogen-bond donors (Lipinski definition) is 0. The van der Waals surface area contributed by atoms with E-state index in [4.69, 9.17) is 0 Å². The number of carbonyl (C=O) groups is 1. The number of allylic oxidation sites excluding steroid dienone is 2. The van der Waals surface area contributed by atoms with Crippen LogP contribution in [-0.2, 0) is 9.47 Å². The van der Waals surface area contributed by atoms with Crippen LogP contribution in [0.4, 0.5) is 4.79 Å². The summed E-state index contributed by atoms with van der Waals surface area (Å²) < 4.78 is 8.88. The van der Waals surface area contributed by atoms with E-state index in [2.05, 4.69) is 9.47 Å². The molecule has 0 spiro atoms. The minimum absolute atomic E-state index is 0.520. The molecule has 0 aliphatic carbocycles. The van der Waals surface area contributed by atoms with E-state index in [-0.39, 0.29) is 0 Å². The average Bonchev–Trinajstić information content (AvgIpc) is 1.88. The molecule has 1 aliphatic heterocycles. The van der Waals surface area contributed by atoms with Gasteiger partial charge in [-0.3, -0.25) is 0 Å². The van der Waals surface area contributed by atoms with Crippen molar-refractivity contribution in [2.75, 3.05) is 0 Å². The summed E-state index contributed by atoms with van der Waals surface area (Å²) in [6, 6.07) is 0. The molecule has 0 saturated carbocycles. The molecule has 0 saturated heterocycles. The lowest BCUT2D eigenvalue weighted by molar-refractivity contribution is 0.105. The van der Waals surface area contributed by atoms with E-state index < -0.39 is 6.16 Å². The third kappa shape index (κ3) is 1.32. The van der Waals surface area contributed by atoms with Crippen molar-refractivity contribution in [3.05, 3.63) is 24.2 Å². The van der Waals surface area contributed by atoms with Crippen LogP contribution in [0.15, 0.2) is 24.2 Å². The molecule has 9 heavy (non-hydrogen) atoms. The second-order valence-corrected chi connectivity index (χ2v) is 1.46. The summed E-state index contributed by atoms with van der Waals surface area (Å²) in [7, 11) is 0. The lowest BCUT2D eigenvalue weighted by atomic mass is 10.4. The van der Waals surface area contributed by atoms with Crippen molar-refractivity contribution >= 4 is 6.16 Å². The normalized spacial score (nSPS) is 21.4. The fraction of sp³-hybridized carbons (Fsp3) is 0.167. The van der Waals surface area contributed by atoms with E-state index in [0.29, 0.717) is 5.76 Å². The Labute approximate surface area is 52.6 Å². The van der Waals surface area contributed by atoms with E-state index in [1.54, 1.807) is 19.1 Å². The van der Waals surface area contributed by atoms with Gasteiger partial charge in [0.1, 0.15) is 12.0 Å². The second-order valence-electron chi connectivity index (χ2n) is 1.46. The SMILES string of the molecule is C/C=C1/C=COC(=O)O1. The van der Waals surface area contributed by atoms with Crippen LogP contribution in [0.25, 0.3) is 0 Å². The van der Waals surface area contributed by atoms with Gasteiger partial charge in [0, 0.05) is 6.08 Å². The van der Waals surface area contributed by atoms with Crippen LogP contribution in [0, 0.1) is 0 Å². The predicted molar refractivity (Wildman–Crippen MR) is 30.5 cm³/mol. The summed E-state index contributed by atoms with van der Waals surface area (Å²) in [5.74, 6) is 0.520. The van der Waals surface area contributed by atoms with Gasteiger partial charge in [0.2, 0.25) is 0 Å². The zero-order valence-corrected chi connectivity index (χ0v) is 4.96. The van der Waals surface area contributed by atoms with E-state index >= 15 is 0 Å². The number of cyclic esters (lactones) is 2. The average molecular weight is 126 g/mol. The highest BCUT2D eigenvalue weighted by Crippen LogP contribution is 2.06. The molecule has 0 atom stereocenters. The third-order valence-corrected chi connectivity index (χ3v) is 0.882. The van der Waals surface area contributed by atoms with Crippen LogP contribution in [0.2, 0.25) is 0 Å². The lowest BCUT2D eigenvalue weighted by Crippen LogP contribution is -2.06. The molecule has 1 heterocycles. The van der Waals surface area contributed by atoms with E-state index in [0.717, 1.165) is 0 Å². The van der Waals surface area contributed by atoms with Crippen LogP contribution in [0.5, 0.6) is 0 Å². The minimum Gasteiger partial charge on any atom is -0.403 e. The summed E-state index contributed by atoms with van der Waals surface area (Å²) in [5, 5.41) is 0. The first kappa shape index (κ1) is 5.88. The van der Waals surface area contributed by atoms with Crippen LogP contribution in [-0.4, -0.2) is 6.16 Å². The Morgan fingerprint density at radius 1 is 1.67 bits per heavy atom. The van der Waals surface area contributed by atoms with Gasteiger partial charge in [-0.25, -0.2) is 4.79 Å². The van der Waals surface area contributed by atoms with Crippen LogP contribution in [0.1, 0.15) is 6.92 Å². The van der Waals surface area contributed by atoms with Crippen LogP contribution in [0.3, 0.4) is 0 Å². The van der Waals surface area contributed by atoms with Gasteiger partial charge in [-0.05, 0) is 13.0 Å². The molecule has 0 amide bonds. The minimum atomic E-state index is -0.675. The summed E-state index contributed by atoms with van der Waals surface area (Å²) in [5.41, 5.74) is 0. The molecule has 0 aromatic rings. The van der Waals surface area contributed by atoms with Crippen molar-refractivity contribution in [3.63, 3.8) is 0 Å². The predicted octanol–water partition coefficient (Wildman–Crippen LogP) is 1.57. The standard InChI is InChI=1S/C6H6O3/c1-2-5-3-4-8-6(7)9-5/h2-4H,1H3/b5-2-. The van der Waals surface area contributed by atoms with Crippen molar-refractivity contribution in [2.45, 2.75) is 6.92 Å². The highest BCUT2D eigenvalue weighted by molar-refractivity contribution is 5.64. The Hall–Kier alpha value is -1.25. The molecule has 0 unspecified atom stereocenters. The van der Waals surface area contributed by atoms with Crippen molar-refractivity contribution < 1.29 is 14.3 Å². The molecular weight excluding hydrogens is 120 g/mol. The molecule has 0 bridgehead atoms. The Bertz CT molecular complexity index is 179. The third-order valence-electron chi connectivity index (χ3n) is 0.882. The fourth-order valence-electron chi connectivity index (χ4n) is 0.466. The van der Waals surface area contributed by atoms with Gasteiger partial charge >= 0.3 is 6.16 Å². The molecule has 0 radical (unpaired) electrons. The zero-order valence-electron chi connectivity index (χ0n) is 4.96. The van der Waals surface area contributed by atoms with Gasteiger partial charge in [-0.15, -0.1) is 0 Å². The fourth-order valence-corrected chi connectivity index (χ4v) is 0.466. The lowest BCUT2D eigenvalue weighted by Gasteiger charge is -2.06. The molecular formula is C6H6O3. The van der Waals surface area contributed by atoms with E-state index in [9.17, 15) is 4.79 Å². The highest BCUT2D eigenvalue weighted by atomic mass is 16.7. The Kier molecular flexibility index (Phi) is 1.53. The van der Waals surface area contributed by atoms with Crippen molar-refractivity contribution in [1.82, 2.24) is 0 Å². The topological polar surface area (TPSA) is 35.5 Å². The van der Waals surface area contributed by atoms with Crippen molar-refractivity contribution in [3.8, 4) is 0 Å². The first-order chi connectivity index (χ1) is 4.33. The molecule has 0 aromatic carbocycles. The van der Waals surface area contributed by atoms with Gasteiger partial charge in [-0.2, -0.15) is 0 Å². The molecule has 1 rings (SSSR count). The van der Waals surface area contributed by atoms with E-state index in [1.807, 2.05) is 0 Å². The smallest absolute Gasteiger partial charge is 0.403 e. The number of ether oxygens (including phenoxy) is 2. The number of carbonyl (C=O) groups excluding carboxylic acids is 1. The summed E-state index contributed by atoms with van der Waals surface area (Å²) >= 11 is 0. The van der Waals surface area contributed by atoms with Gasteiger partial charge in [0.15, 0.2) is 0 Å². The highest BCUT2D eigenvalue weighted by Gasteiger charge is 2.08. The molecule has 1 aliphatic rings. The quantitative estimate of drug-likeness (QED) is 0.462. The molecule has 3 nitrogen and oxygen atoms in total. The molecule has 0 aromatic heterocycles. The second kappa shape index (κ2) is 2.35. The van der Waals surface area contributed by atoms with Crippen LogP contribution >= 0.6 is 0 Å². The van der Waals surface area contributed by atoms with Crippen LogP contribution < -0.4 is 0 Å². The first-order valence-corrected chi connectivity index (χ1v) is 2.54. The van der Waals surface area contributed by atoms with E-state index in [1.165, 1.54) is 6.26 Å². The van der Waals surface area contributed by atoms with Crippen molar-refractivity contribution in [2.24, 2.45) is 0 Å². The summed E-state index contributed by atoms with van der Waals surface area (Å²) in [4.78, 5) is 10.3. The maximum Gasteiger partial charge on any atom is 0.518 e.